The monoisotopic (exact) mass is 307 g/mol. The number of hydrogen-bond donors (Lipinski definition) is 0. The summed E-state index contributed by atoms with van der Waals surface area (Å²) >= 11 is 1.78. The number of carbonyl (C=O) groups is 1. The lowest BCUT2D eigenvalue weighted by Gasteiger charge is -2.28. The SMILES string of the molecule is COC(=O)C1CCCC1S(=O)(=O)N(C)C1CCSC1. The van der Waals surface area contributed by atoms with Gasteiger partial charge in [-0.05, 0) is 25.0 Å². The number of esters is 1. The third-order valence-corrected chi connectivity index (χ3v) is 7.74. The molecule has 0 radical (unpaired) electrons. The van der Waals surface area contributed by atoms with Crippen LogP contribution in [0.15, 0.2) is 0 Å². The van der Waals surface area contributed by atoms with Gasteiger partial charge in [-0.1, -0.05) is 6.42 Å². The molecule has 1 saturated carbocycles. The van der Waals surface area contributed by atoms with Crippen LogP contribution in [0.5, 0.6) is 0 Å². The van der Waals surface area contributed by atoms with Crippen molar-refractivity contribution in [2.24, 2.45) is 5.92 Å². The van der Waals surface area contributed by atoms with Gasteiger partial charge in [0.15, 0.2) is 0 Å². The van der Waals surface area contributed by atoms with Crippen LogP contribution in [0.3, 0.4) is 0 Å². The molecule has 3 unspecified atom stereocenters. The molecule has 0 spiro atoms. The van der Waals surface area contributed by atoms with E-state index in [1.165, 1.54) is 11.4 Å². The van der Waals surface area contributed by atoms with Crippen LogP contribution in [0.4, 0.5) is 0 Å². The molecule has 1 aliphatic heterocycles. The minimum atomic E-state index is -3.41. The summed E-state index contributed by atoms with van der Waals surface area (Å²) in [5.74, 6) is 0.979. The minimum Gasteiger partial charge on any atom is -0.469 e. The molecule has 1 aliphatic carbocycles. The van der Waals surface area contributed by atoms with Gasteiger partial charge in [-0.15, -0.1) is 0 Å². The maximum absolute atomic E-state index is 12.7. The van der Waals surface area contributed by atoms with Crippen molar-refractivity contribution in [1.29, 1.82) is 0 Å². The molecule has 19 heavy (non-hydrogen) atoms. The largest absolute Gasteiger partial charge is 0.469 e. The van der Waals surface area contributed by atoms with Gasteiger partial charge in [-0.25, -0.2) is 12.7 Å². The van der Waals surface area contributed by atoms with E-state index in [1.54, 1.807) is 18.8 Å². The van der Waals surface area contributed by atoms with Crippen LogP contribution in [0.1, 0.15) is 25.7 Å². The number of rotatable bonds is 4. The van der Waals surface area contributed by atoms with Crippen LogP contribution in [0, 0.1) is 5.92 Å². The van der Waals surface area contributed by atoms with Crippen molar-refractivity contribution in [3.8, 4) is 0 Å². The van der Waals surface area contributed by atoms with E-state index in [4.69, 9.17) is 4.74 Å². The predicted molar refractivity (Wildman–Crippen MR) is 75.6 cm³/mol. The molecule has 1 saturated heterocycles. The molecule has 2 rings (SSSR count). The van der Waals surface area contributed by atoms with Crippen molar-refractivity contribution >= 4 is 27.8 Å². The zero-order valence-corrected chi connectivity index (χ0v) is 13.0. The minimum absolute atomic E-state index is 0.0777. The first kappa shape index (κ1) is 15.1. The second-order valence-corrected chi connectivity index (χ2v) is 8.54. The fraction of sp³-hybridized carbons (Fsp3) is 0.917. The van der Waals surface area contributed by atoms with Gasteiger partial charge in [0.05, 0.1) is 18.3 Å². The molecule has 7 heteroatoms. The molecule has 3 atom stereocenters. The second kappa shape index (κ2) is 6.01. The lowest BCUT2D eigenvalue weighted by atomic mass is 10.1. The fourth-order valence-corrected chi connectivity index (χ4v) is 6.45. The van der Waals surface area contributed by atoms with Crippen LogP contribution < -0.4 is 0 Å². The molecule has 0 aromatic carbocycles. The summed E-state index contributed by atoms with van der Waals surface area (Å²) in [6.45, 7) is 0. The van der Waals surface area contributed by atoms with Crippen molar-refractivity contribution in [3.63, 3.8) is 0 Å². The molecule has 2 aliphatic rings. The quantitative estimate of drug-likeness (QED) is 0.728. The number of nitrogens with zero attached hydrogens (tertiary/aromatic N) is 1. The molecule has 5 nitrogen and oxygen atoms in total. The number of methoxy groups -OCH3 is 1. The van der Waals surface area contributed by atoms with Crippen molar-refractivity contribution in [1.82, 2.24) is 4.31 Å². The van der Waals surface area contributed by atoms with Crippen molar-refractivity contribution in [3.05, 3.63) is 0 Å². The Labute approximate surface area is 119 Å². The first-order valence-electron chi connectivity index (χ1n) is 6.61. The van der Waals surface area contributed by atoms with E-state index in [1.807, 2.05) is 0 Å². The van der Waals surface area contributed by atoms with Gasteiger partial charge >= 0.3 is 5.97 Å². The molecule has 2 fully saturated rings. The number of sulfonamides is 1. The number of ether oxygens (including phenoxy) is 1. The Kier molecular flexibility index (Phi) is 4.79. The standard InChI is InChI=1S/C12H21NO4S2/c1-13(9-6-7-18-8-9)19(15,16)11-5-3-4-10(11)12(14)17-2/h9-11H,3-8H2,1-2H3. The smallest absolute Gasteiger partial charge is 0.310 e. The average Bonchev–Trinajstić information content (AvgIpc) is 3.07. The Morgan fingerprint density at radius 3 is 2.63 bits per heavy atom. The Morgan fingerprint density at radius 2 is 2.05 bits per heavy atom. The highest BCUT2D eigenvalue weighted by atomic mass is 32.2. The van der Waals surface area contributed by atoms with Crippen LogP contribution in [0.25, 0.3) is 0 Å². The third kappa shape index (κ3) is 2.92. The lowest BCUT2D eigenvalue weighted by molar-refractivity contribution is -0.145. The summed E-state index contributed by atoms with van der Waals surface area (Å²) < 4.78 is 31.6. The van der Waals surface area contributed by atoms with Gasteiger partial charge in [-0.3, -0.25) is 4.79 Å². The zero-order chi connectivity index (χ0) is 14.0. The third-order valence-electron chi connectivity index (χ3n) is 4.16. The number of thioether (sulfide) groups is 1. The molecule has 0 N–H and O–H groups in total. The Balaban J connectivity index is 2.15. The van der Waals surface area contributed by atoms with Crippen LogP contribution >= 0.6 is 11.8 Å². The Bertz CT molecular complexity index is 431. The van der Waals surface area contributed by atoms with Crippen molar-refractivity contribution < 1.29 is 17.9 Å². The number of carbonyl (C=O) groups excluding carboxylic acids is 1. The summed E-state index contributed by atoms with van der Waals surface area (Å²) in [7, 11) is -0.435. The molecule has 0 aromatic heterocycles. The molecule has 0 amide bonds. The maximum atomic E-state index is 12.7. The van der Waals surface area contributed by atoms with Gasteiger partial charge in [0.1, 0.15) is 0 Å². The first-order chi connectivity index (χ1) is 8.98. The predicted octanol–water partition coefficient (Wildman–Crippen LogP) is 1.10. The van der Waals surface area contributed by atoms with Gasteiger partial charge in [0.2, 0.25) is 10.0 Å². The molecule has 1 heterocycles. The van der Waals surface area contributed by atoms with Crippen LogP contribution in [-0.4, -0.2) is 55.6 Å². The summed E-state index contributed by atoms with van der Waals surface area (Å²) in [6.07, 6.45) is 2.85. The van der Waals surface area contributed by atoms with E-state index < -0.39 is 21.2 Å². The Morgan fingerprint density at radius 1 is 1.32 bits per heavy atom. The van der Waals surface area contributed by atoms with Gasteiger partial charge in [0, 0.05) is 18.8 Å². The topological polar surface area (TPSA) is 63.7 Å². The summed E-state index contributed by atoms with van der Waals surface area (Å²) in [5, 5.41) is -0.601. The molecule has 0 aromatic rings. The fourth-order valence-electron chi connectivity index (χ4n) is 2.93. The van der Waals surface area contributed by atoms with E-state index in [0.717, 1.165) is 24.3 Å². The number of hydrogen-bond acceptors (Lipinski definition) is 5. The molecular weight excluding hydrogens is 286 g/mol. The van der Waals surface area contributed by atoms with E-state index in [9.17, 15) is 13.2 Å². The van der Waals surface area contributed by atoms with E-state index in [0.29, 0.717) is 12.8 Å². The highest BCUT2D eigenvalue weighted by molar-refractivity contribution is 7.99. The summed E-state index contributed by atoms with van der Waals surface area (Å²) in [5.41, 5.74) is 0. The maximum Gasteiger partial charge on any atom is 0.310 e. The van der Waals surface area contributed by atoms with E-state index >= 15 is 0 Å². The van der Waals surface area contributed by atoms with Crippen molar-refractivity contribution in [2.75, 3.05) is 25.7 Å². The lowest BCUT2D eigenvalue weighted by Crippen LogP contribution is -2.45. The normalized spacial score (nSPS) is 31.8. The average molecular weight is 307 g/mol. The van der Waals surface area contributed by atoms with Gasteiger partial charge < -0.3 is 4.74 Å². The van der Waals surface area contributed by atoms with Crippen LogP contribution in [0.2, 0.25) is 0 Å². The van der Waals surface area contributed by atoms with Crippen molar-refractivity contribution in [2.45, 2.75) is 37.0 Å². The summed E-state index contributed by atoms with van der Waals surface area (Å²) in [6, 6.07) is 0.0777. The molecular formula is C12H21NO4S2. The van der Waals surface area contributed by atoms with E-state index in [2.05, 4.69) is 0 Å². The van der Waals surface area contributed by atoms with E-state index in [-0.39, 0.29) is 12.0 Å². The van der Waals surface area contributed by atoms with Gasteiger partial charge in [-0.2, -0.15) is 11.8 Å². The highest BCUT2D eigenvalue weighted by Crippen LogP contribution is 2.35. The van der Waals surface area contributed by atoms with Crippen LogP contribution in [-0.2, 0) is 19.6 Å². The Hall–Kier alpha value is -0.270. The zero-order valence-electron chi connectivity index (χ0n) is 11.4. The first-order valence-corrected chi connectivity index (χ1v) is 9.26. The molecule has 110 valence electrons. The summed E-state index contributed by atoms with van der Waals surface area (Å²) in [4.78, 5) is 11.7. The molecule has 0 bridgehead atoms. The van der Waals surface area contributed by atoms with Gasteiger partial charge in [0.25, 0.3) is 0 Å². The second-order valence-electron chi connectivity index (χ2n) is 5.18. The highest BCUT2D eigenvalue weighted by Gasteiger charge is 2.45.